The summed E-state index contributed by atoms with van der Waals surface area (Å²) >= 11 is 0. The summed E-state index contributed by atoms with van der Waals surface area (Å²) in [6.45, 7) is 9.99. The Morgan fingerprint density at radius 3 is 2.60 bits per heavy atom. The number of aromatic nitrogens is 3. The Balaban J connectivity index is 2.35. The standard InChI is InChI=1S/C13H25N5O2/c1-9(7-14-12(19)20-13(3,4)5)16-10(2)11-17-15-8-18(11)6/h8-10,16H,7H2,1-6H3,(H,14,19). The van der Waals surface area contributed by atoms with Gasteiger partial charge in [-0.25, -0.2) is 4.79 Å². The molecular weight excluding hydrogens is 258 g/mol. The highest BCUT2D eigenvalue weighted by molar-refractivity contribution is 5.67. The first-order valence-corrected chi connectivity index (χ1v) is 6.76. The Bertz CT molecular complexity index is 438. The van der Waals surface area contributed by atoms with Crippen molar-refractivity contribution in [2.24, 2.45) is 7.05 Å². The van der Waals surface area contributed by atoms with E-state index >= 15 is 0 Å². The monoisotopic (exact) mass is 283 g/mol. The smallest absolute Gasteiger partial charge is 0.407 e. The van der Waals surface area contributed by atoms with Gasteiger partial charge in [0.25, 0.3) is 0 Å². The van der Waals surface area contributed by atoms with Gasteiger partial charge in [0.1, 0.15) is 17.8 Å². The van der Waals surface area contributed by atoms with E-state index in [9.17, 15) is 4.79 Å². The molecule has 2 atom stereocenters. The minimum atomic E-state index is -0.479. The van der Waals surface area contributed by atoms with Crippen LogP contribution >= 0.6 is 0 Å². The molecule has 0 aromatic carbocycles. The number of hydrogen-bond acceptors (Lipinski definition) is 5. The highest BCUT2D eigenvalue weighted by atomic mass is 16.6. The van der Waals surface area contributed by atoms with Crippen LogP contribution in [-0.4, -0.2) is 39.0 Å². The van der Waals surface area contributed by atoms with Crippen LogP contribution in [0.3, 0.4) is 0 Å². The van der Waals surface area contributed by atoms with Gasteiger partial charge in [-0.3, -0.25) is 0 Å². The molecule has 2 unspecified atom stereocenters. The van der Waals surface area contributed by atoms with E-state index < -0.39 is 11.7 Å². The van der Waals surface area contributed by atoms with Gasteiger partial charge in [-0.2, -0.15) is 0 Å². The zero-order valence-electron chi connectivity index (χ0n) is 13.1. The van der Waals surface area contributed by atoms with E-state index in [0.717, 1.165) is 5.82 Å². The lowest BCUT2D eigenvalue weighted by molar-refractivity contribution is 0.0522. The lowest BCUT2D eigenvalue weighted by atomic mass is 10.2. The second kappa shape index (κ2) is 6.69. The number of rotatable bonds is 5. The number of ether oxygens (including phenoxy) is 1. The second-order valence-corrected chi connectivity index (χ2v) is 5.97. The van der Waals surface area contributed by atoms with Crippen LogP contribution < -0.4 is 10.6 Å². The summed E-state index contributed by atoms with van der Waals surface area (Å²) in [5, 5.41) is 14.0. The number of carbonyl (C=O) groups excluding carboxylic acids is 1. The van der Waals surface area contributed by atoms with Crippen molar-refractivity contribution < 1.29 is 9.53 Å². The maximum absolute atomic E-state index is 11.5. The molecule has 0 aliphatic rings. The minimum Gasteiger partial charge on any atom is -0.444 e. The molecule has 0 radical (unpaired) electrons. The summed E-state index contributed by atoms with van der Waals surface area (Å²) in [6, 6.07) is 0.146. The Morgan fingerprint density at radius 2 is 2.10 bits per heavy atom. The van der Waals surface area contributed by atoms with Gasteiger partial charge in [-0.1, -0.05) is 0 Å². The number of amides is 1. The van der Waals surface area contributed by atoms with E-state index in [1.165, 1.54) is 0 Å². The van der Waals surface area contributed by atoms with Gasteiger partial charge in [-0.05, 0) is 34.6 Å². The Hall–Kier alpha value is -1.63. The first kappa shape index (κ1) is 16.4. The van der Waals surface area contributed by atoms with Crippen molar-refractivity contribution in [2.45, 2.75) is 52.3 Å². The van der Waals surface area contributed by atoms with Crippen LogP contribution in [0.4, 0.5) is 4.79 Å². The van der Waals surface area contributed by atoms with Crippen LogP contribution in [0.15, 0.2) is 6.33 Å². The van der Waals surface area contributed by atoms with Gasteiger partial charge in [0.2, 0.25) is 0 Å². The summed E-state index contributed by atoms with van der Waals surface area (Å²) in [6.07, 6.45) is 1.26. The van der Waals surface area contributed by atoms with Crippen LogP contribution in [0.1, 0.15) is 46.5 Å². The summed E-state index contributed by atoms with van der Waals surface area (Å²) in [5.41, 5.74) is -0.479. The molecule has 7 heteroatoms. The molecule has 114 valence electrons. The minimum absolute atomic E-state index is 0.0536. The van der Waals surface area contributed by atoms with Crippen molar-refractivity contribution in [3.05, 3.63) is 12.2 Å². The number of aryl methyl sites for hydroxylation is 1. The van der Waals surface area contributed by atoms with E-state index in [-0.39, 0.29) is 12.1 Å². The molecule has 1 amide bonds. The van der Waals surface area contributed by atoms with Crippen LogP contribution in [-0.2, 0) is 11.8 Å². The molecular formula is C13H25N5O2. The Kier molecular flexibility index (Phi) is 5.50. The third kappa shape index (κ3) is 5.56. The quantitative estimate of drug-likeness (QED) is 0.853. The topological polar surface area (TPSA) is 81.1 Å². The zero-order valence-corrected chi connectivity index (χ0v) is 13.1. The fourth-order valence-electron chi connectivity index (χ4n) is 1.80. The van der Waals surface area contributed by atoms with Crippen molar-refractivity contribution in [1.29, 1.82) is 0 Å². The SMILES string of the molecule is CC(CNC(=O)OC(C)(C)C)NC(C)c1nncn1C. The third-order valence-electron chi connectivity index (χ3n) is 2.62. The molecule has 0 saturated carbocycles. The summed E-state index contributed by atoms with van der Waals surface area (Å²) < 4.78 is 7.05. The van der Waals surface area contributed by atoms with E-state index in [2.05, 4.69) is 20.8 Å². The van der Waals surface area contributed by atoms with Crippen molar-refractivity contribution in [1.82, 2.24) is 25.4 Å². The predicted molar refractivity (Wildman–Crippen MR) is 76.3 cm³/mol. The fourth-order valence-corrected chi connectivity index (χ4v) is 1.80. The van der Waals surface area contributed by atoms with Crippen molar-refractivity contribution in [3.8, 4) is 0 Å². The molecule has 0 saturated heterocycles. The second-order valence-electron chi connectivity index (χ2n) is 5.97. The van der Waals surface area contributed by atoms with Crippen molar-refractivity contribution >= 4 is 6.09 Å². The lowest BCUT2D eigenvalue weighted by Crippen LogP contribution is -2.42. The average molecular weight is 283 g/mol. The molecule has 0 spiro atoms. The van der Waals surface area contributed by atoms with E-state index in [0.29, 0.717) is 6.54 Å². The molecule has 0 aliphatic heterocycles. The van der Waals surface area contributed by atoms with E-state index in [1.54, 1.807) is 6.33 Å². The summed E-state index contributed by atoms with van der Waals surface area (Å²) in [5.74, 6) is 0.856. The van der Waals surface area contributed by atoms with E-state index in [1.807, 2.05) is 46.2 Å². The maximum Gasteiger partial charge on any atom is 0.407 e. The molecule has 7 nitrogen and oxygen atoms in total. The molecule has 0 aliphatic carbocycles. The fraction of sp³-hybridized carbons (Fsp3) is 0.769. The van der Waals surface area contributed by atoms with Gasteiger partial charge in [0.15, 0.2) is 0 Å². The highest BCUT2D eigenvalue weighted by Crippen LogP contribution is 2.08. The van der Waals surface area contributed by atoms with Crippen LogP contribution in [0.2, 0.25) is 0 Å². The first-order valence-electron chi connectivity index (χ1n) is 6.76. The molecule has 1 aromatic rings. The molecule has 1 aromatic heterocycles. The Labute approximate surface area is 120 Å². The van der Waals surface area contributed by atoms with Crippen LogP contribution in [0.25, 0.3) is 0 Å². The molecule has 1 rings (SSSR count). The van der Waals surface area contributed by atoms with Gasteiger partial charge in [-0.15, -0.1) is 10.2 Å². The predicted octanol–water partition coefficient (Wildman–Crippen LogP) is 1.38. The van der Waals surface area contributed by atoms with Crippen molar-refractivity contribution in [3.63, 3.8) is 0 Å². The number of hydrogen-bond donors (Lipinski definition) is 2. The number of carbonyl (C=O) groups is 1. The molecule has 0 fully saturated rings. The van der Waals surface area contributed by atoms with E-state index in [4.69, 9.17) is 4.74 Å². The van der Waals surface area contributed by atoms with Gasteiger partial charge < -0.3 is 19.9 Å². The zero-order chi connectivity index (χ0) is 15.3. The average Bonchev–Trinajstić information content (AvgIpc) is 2.70. The van der Waals surface area contributed by atoms with Crippen LogP contribution in [0, 0.1) is 0 Å². The molecule has 0 bridgehead atoms. The largest absolute Gasteiger partial charge is 0.444 e. The summed E-state index contributed by atoms with van der Waals surface area (Å²) in [4.78, 5) is 11.5. The van der Waals surface area contributed by atoms with Crippen molar-refractivity contribution in [2.75, 3.05) is 6.54 Å². The normalized spacial score (nSPS) is 14.7. The number of nitrogens with one attached hydrogen (secondary N) is 2. The van der Waals surface area contributed by atoms with Gasteiger partial charge in [0, 0.05) is 19.6 Å². The van der Waals surface area contributed by atoms with Gasteiger partial charge in [0.05, 0.1) is 6.04 Å². The molecule has 1 heterocycles. The van der Waals surface area contributed by atoms with Gasteiger partial charge >= 0.3 is 6.09 Å². The number of nitrogens with zero attached hydrogens (tertiary/aromatic N) is 3. The molecule has 20 heavy (non-hydrogen) atoms. The summed E-state index contributed by atoms with van der Waals surface area (Å²) in [7, 11) is 1.90. The maximum atomic E-state index is 11.5. The molecule has 2 N–H and O–H groups in total. The third-order valence-corrected chi connectivity index (χ3v) is 2.62. The first-order chi connectivity index (χ1) is 9.19. The lowest BCUT2D eigenvalue weighted by Gasteiger charge is -2.22. The van der Waals surface area contributed by atoms with Crippen LogP contribution in [0.5, 0.6) is 0 Å². The Morgan fingerprint density at radius 1 is 1.45 bits per heavy atom. The highest BCUT2D eigenvalue weighted by Gasteiger charge is 2.18. The number of alkyl carbamates (subject to hydrolysis) is 1.